The second-order valence-corrected chi connectivity index (χ2v) is 3.16. The first-order valence-electron chi connectivity index (χ1n) is 4.63. The number of nitrogens with two attached hydrogens (primary N) is 1. The maximum Gasteiger partial charge on any atom is 0.140 e. The van der Waals surface area contributed by atoms with Crippen LogP contribution < -0.4 is 16.6 Å². The highest BCUT2D eigenvalue weighted by molar-refractivity contribution is 5.34. The predicted octanol–water partition coefficient (Wildman–Crippen LogP) is -1.02. The largest absolute Gasteiger partial charge is 0.389 e. The van der Waals surface area contributed by atoms with Crippen molar-refractivity contribution in [3.8, 4) is 0 Å². The Balaban J connectivity index is 2.76. The van der Waals surface area contributed by atoms with E-state index in [1.165, 1.54) is 0 Å². The number of rotatable bonds is 5. The Hall–Kier alpha value is -1.21. The molecule has 0 amide bonds. The quantitative estimate of drug-likeness (QED) is 0.316. The number of hydrazine groups is 1. The van der Waals surface area contributed by atoms with Crippen molar-refractivity contribution in [2.24, 2.45) is 5.84 Å². The molecular formula is C9H16N4O2. The second kappa shape index (κ2) is 5.62. The van der Waals surface area contributed by atoms with Gasteiger partial charge in [0.1, 0.15) is 11.9 Å². The summed E-state index contributed by atoms with van der Waals surface area (Å²) in [6.45, 7) is 0.295. The van der Waals surface area contributed by atoms with Crippen LogP contribution in [0.2, 0.25) is 0 Å². The first-order valence-corrected chi connectivity index (χ1v) is 4.63. The molecule has 0 saturated heterocycles. The number of nitrogens with one attached hydrogen (secondary N) is 2. The van der Waals surface area contributed by atoms with Crippen LogP contribution >= 0.6 is 0 Å². The topological polar surface area (TPSA) is 103 Å². The maximum atomic E-state index is 9.72. The zero-order valence-electron chi connectivity index (χ0n) is 8.51. The molecule has 0 aliphatic rings. The third kappa shape index (κ3) is 3.14. The highest BCUT2D eigenvalue weighted by Gasteiger charge is 2.18. The molecule has 0 bridgehead atoms. The zero-order valence-corrected chi connectivity index (χ0v) is 8.51. The normalized spacial score (nSPS) is 14.7. The summed E-state index contributed by atoms with van der Waals surface area (Å²) in [5, 5.41) is 22.0. The van der Waals surface area contributed by atoms with Crippen molar-refractivity contribution in [2.75, 3.05) is 19.0 Å². The summed E-state index contributed by atoms with van der Waals surface area (Å²) in [7, 11) is 1.70. The van der Waals surface area contributed by atoms with Crippen LogP contribution in [0.25, 0.3) is 0 Å². The molecule has 1 heterocycles. The minimum absolute atomic E-state index is 0.295. The molecule has 1 aromatic heterocycles. The van der Waals surface area contributed by atoms with Gasteiger partial charge in [-0.15, -0.1) is 0 Å². The van der Waals surface area contributed by atoms with E-state index in [1.807, 2.05) is 0 Å². The lowest BCUT2D eigenvalue weighted by atomic mass is 10.1. The number of nitrogen functional groups attached to an aromatic ring is 1. The first kappa shape index (κ1) is 11.9. The van der Waals surface area contributed by atoms with Gasteiger partial charge in [0.15, 0.2) is 0 Å². The van der Waals surface area contributed by atoms with E-state index in [-0.39, 0.29) is 0 Å². The minimum Gasteiger partial charge on any atom is -0.389 e. The van der Waals surface area contributed by atoms with Gasteiger partial charge in [-0.3, -0.25) is 0 Å². The molecule has 0 fully saturated rings. The van der Waals surface area contributed by atoms with Crippen LogP contribution in [0.5, 0.6) is 0 Å². The summed E-state index contributed by atoms with van der Waals surface area (Å²) in [5.41, 5.74) is 2.76. The Morgan fingerprint density at radius 2 is 2.20 bits per heavy atom. The number of pyridine rings is 1. The lowest BCUT2D eigenvalue weighted by Gasteiger charge is -2.17. The number of likely N-dealkylation sites (N-methyl/N-ethyl adjacent to an activating group) is 1. The molecule has 0 spiro atoms. The van der Waals surface area contributed by atoms with Crippen LogP contribution in [0.1, 0.15) is 11.8 Å². The lowest BCUT2D eigenvalue weighted by Crippen LogP contribution is -2.30. The fourth-order valence-electron chi connectivity index (χ4n) is 1.21. The highest BCUT2D eigenvalue weighted by atomic mass is 16.3. The highest BCUT2D eigenvalue weighted by Crippen LogP contribution is 2.15. The number of aliphatic hydroxyl groups is 2. The average Bonchev–Trinajstić information content (AvgIpc) is 2.28. The molecule has 1 rings (SSSR count). The fourth-order valence-corrected chi connectivity index (χ4v) is 1.21. The molecule has 0 saturated carbocycles. The van der Waals surface area contributed by atoms with E-state index < -0.39 is 12.2 Å². The summed E-state index contributed by atoms with van der Waals surface area (Å²) < 4.78 is 0. The Morgan fingerprint density at radius 3 is 2.80 bits per heavy atom. The number of aromatic nitrogens is 1. The lowest BCUT2D eigenvalue weighted by molar-refractivity contribution is 0.0177. The summed E-state index contributed by atoms with van der Waals surface area (Å²) in [6, 6.07) is 5.00. The number of nitrogens with zero attached hydrogens (tertiary/aromatic N) is 1. The monoisotopic (exact) mass is 212 g/mol. The zero-order chi connectivity index (χ0) is 11.3. The Labute approximate surface area is 88.1 Å². The Bertz CT molecular complexity index is 308. The van der Waals surface area contributed by atoms with Crippen molar-refractivity contribution in [3.63, 3.8) is 0 Å². The second-order valence-electron chi connectivity index (χ2n) is 3.16. The van der Waals surface area contributed by atoms with Gasteiger partial charge in [-0.05, 0) is 19.2 Å². The standard InChI is InChI=1S/C9H16N4O2/c1-11-5-7(14)9(15)6-3-2-4-8(12-6)13-10/h2-4,7,9,11,14-15H,5,10H2,1H3,(H,12,13). The van der Waals surface area contributed by atoms with Gasteiger partial charge in [-0.25, -0.2) is 10.8 Å². The Morgan fingerprint density at radius 1 is 1.47 bits per heavy atom. The average molecular weight is 212 g/mol. The third-order valence-corrected chi connectivity index (χ3v) is 2.00. The summed E-state index contributed by atoms with van der Waals surface area (Å²) >= 11 is 0. The van der Waals surface area contributed by atoms with Crippen molar-refractivity contribution >= 4 is 5.82 Å². The van der Waals surface area contributed by atoms with Gasteiger partial charge in [-0.1, -0.05) is 6.07 Å². The van der Waals surface area contributed by atoms with Crippen molar-refractivity contribution in [3.05, 3.63) is 23.9 Å². The van der Waals surface area contributed by atoms with Gasteiger partial charge in [0, 0.05) is 6.54 Å². The predicted molar refractivity (Wildman–Crippen MR) is 56.9 cm³/mol. The molecule has 84 valence electrons. The molecule has 0 aromatic carbocycles. The number of aliphatic hydroxyl groups excluding tert-OH is 2. The van der Waals surface area contributed by atoms with Gasteiger partial charge >= 0.3 is 0 Å². The molecule has 6 nitrogen and oxygen atoms in total. The SMILES string of the molecule is CNCC(O)C(O)c1cccc(NN)n1. The molecule has 2 unspecified atom stereocenters. The van der Waals surface area contributed by atoms with Crippen molar-refractivity contribution in [1.82, 2.24) is 10.3 Å². The smallest absolute Gasteiger partial charge is 0.140 e. The summed E-state index contributed by atoms with van der Waals surface area (Å²) in [5.74, 6) is 5.63. The van der Waals surface area contributed by atoms with E-state index in [2.05, 4.69) is 15.7 Å². The van der Waals surface area contributed by atoms with Crippen LogP contribution in [0.4, 0.5) is 5.82 Å². The molecule has 0 aliphatic carbocycles. The van der Waals surface area contributed by atoms with Crippen molar-refractivity contribution in [2.45, 2.75) is 12.2 Å². The Kier molecular flexibility index (Phi) is 4.44. The van der Waals surface area contributed by atoms with E-state index in [1.54, 1.807) is 25.2 Å². The number of hydrogen-bond donors (Lipinski definition) is 5. The number of anilines is 1. The maximum absolute atomic E-state index is 9.72. The van der Waals surface area contributed by atoms with Gasteiger partial charge in [0.25, 0.3) is 0 Å². The van der Waals surface area contributed by atoms with Gasteiger partial charge in [0.2, 0.25) is 0 Å². The van der Waals surface area contributed by atoms with E-state index in [0.29, 0.717) is 18.1 Å². The van der Waals surface area contributed by atoms with Gasteiger partial charge < -0.3 is 21.0 Å². The molecule has 15 heavy (non-hydrogen) atoms. The van der Waals surface area contributed by atoms with Crippen LogP contribution in [-0.2, 0) is 0 Å². The summed E-state index contributed by atoms with van der Waals surface area (Å²) in [6.07, 6.45) is -1.92. The summed E-state index contributed by atoms with van der Waals surface area (Å²) in [4.78, 5) is 4.02. The van der Waals surface area contributed by atoms with E-state index in [4.69, 9.17) is 5.84 Å². The molecule has 0 aliphatic heterocycles. The molecular weight excluding hydrogens is 196 g/mol. The molecule has 6 heteroatoms. The molecule has 6 N–H and O–H groups in total. The van der Waals surface area contributed by atoms with Crippen molar-refractivity contribution < 1.29 is 10.2 Å². The van der Waals surface area contributed by atoms with E-state index >= 15 is 0 Å². The van der Waals surface area contributed by atoms with E-state index in [9.17, 15) is 10.2 Å². The van der Waals surface area contributed by atoms with Crippen LogP contribution in [0, 0.1) is 0 Å². The van der Waals surface area contributed by atoms with Gasteiger partial charge in [0.05, 0.1) is 11.8 Å². The van der Waals surface area contributed by atoms with Gasteiger partial charge in [-0.2, -0.15) is 0 Å². The van der Waals surface area contributed by atoms with Crippen LogP contribution in [0.15, 0.2) is 18.2 Å². The minimum atomic E-state index is -1.02. The molecule has 2 atom stereocenters. The molecule has 0 radical (unpaired) electrons. The third-order valence-electron chi connectivity index (χ3n) is 2.00. The number of hydrogen-bond acceptors (Lipinski definition) is 6. The molecule has 1 aromatic rings. The van der Waals surface area contributed by atoms with E-state index in [0.717, 1.165) is 0 Å². The van der Waals surface area contributed by atoms with Crippen molar-refractivity contribution in [1.29, 1.82) is 0 Å². The first-order chi connectivity index (χ1) is 7.19. The van der Waals surface area contributed by atoms with Crippen LogP contribution in [0.3, 0.4) is 0 Å². The van der Waals surface area contributed by atoms with Crippen LogP contribution in [-0.4, -0.2) is 34.9 Å². The fraction of sp³-hybridized carbons (Fsp3) is 0.444.